The maximum absolute atomic E-state index is 12.1. The van der Waals surface area contributed by atoms with E-state index in [2.05, 4.69) is 27.8 Å². The number of sulfonamides is 1. The zero-order chi connectivity index (χ0) is 18.8. The fourth-order valence-electron chi connectivity index (χ4n) is 5.48. The molecule has 0 amide bonds. The van der Waals surface area contributed by atoms with Crippen molar-refractivity contribution in [2.24, 2.45) is 11.3 Å². The van der Waals surface area contributed by atoms with E-state index in [1.165, 1.54) is 11.1 Å². The quantitative estimate of drug-likeness (QED) is 0.877. The zero-order valence-electron chi connectivity index (χ0n) is 15.5. The summed E-state index contributed by atoms with van der Waals surface area (Å²) in [5.41, 5.74) is 3.45. The van der Waals surface area contributed by atoms with Crippen molar-refractivity contribution < 1.29 is 13.5 Å². The monoisotopic (exact) mass is 387 g/mol. The summed E-state index contributed by atoms with van der Waals surface area (Å²) in [6, 6.07) is 8.50. The van der Waals surface area contributed by atoms with Crippen LogP contribution < -0.4 is 0 Å². The van der Waals surface area contributed by atoms with Crippen molar-refractivity contribution >= 4 is 10.0 Å². The van der Waals surface area contributed by atoms with Gasteiger partial charge in [-0.25, -0.2) is 17.7 Å². The minimum absolute atomic E-state index is 0.122. The summed E-state index contributed by atoms with van der Waals surface area (Å²) in [4.78, 5) is 4.32. The Balaban J connectivity index is 1.37. The number of aliphatic hydroxyl groups is 1. The van der Waals surface area contributed by atoms with Crippen LogP contribution in [-0.2, 0) is 10.0 Å². The second-order valence-corrected chi connectivity index (χ2v) is 10.5. The van der Waals surface area contributed by atoms with Crippen LogP contribution in [0.4, 0.5) is 0 Å². The molecule has 144 valence electrons. The molecule has 27 heavy (non-hydrogen) atoms. The van der Waals surface area contributed by atoms with Crippen molar-refractivity contribution in [2.75, 3.05) is 18.8 Å². The lowest BCUT2D eigenvalue weighted by Crippen LogP contribution is -2.59. The Kier molecular flexibility index (Phi) is 3.80. The third-order valence-corrected chi connectivity index (χ3v) is 8.96. The van der Waals surface area contributed by atoms with Crippen LogP contribution in [0.5, 0.6) is 0 Å². The van der Waals surface area contributed by atoms with Gasteiger partial charge in [-0.2, -0.15) is 0 Å². The normalized spacial score (nSPS) is 29.3. The average Bonchev–Trinajstić information content (AvgIpc) is 3.27. The Morgan fingerprint density at radius 1 is 1.26 bits per heavy atom. The number of imidazole rings is 1. The molecular formula is C20H25N3O3S. The molecule has 0 radical (unpaired) electrons. The number of rotatable bonds is 3. The van der Waals surface area contributed by atoms with Gasteiger partial charge in [0.2, 0.25) is 10.0 Å². The second kappa shape index (κ2) is 5.90. The number of nitrogens with zero attached hydrogens (tertiary/aromatic N) is 3. The number of aliphatic hydroxyl groups excluding tert-OH is 1. The molecule has 5 rings (SSSR count). The Morgan fingerprint density at radius 3 is 2.70 bits per heavy atom. The minimum Gasteiger partial charge on any atom is -0.392 e. The number of piperidine rings is 1. The largest absolute Gasteiger partial charge is 0.392 e. The molecule has 1 aliphatic carbocycles. The Bertz CT molecular complexity index is 976. The molecule has 3 heterocycles. The third-order valence-electron chi connectivity index (χ3n) is 7.08. The smallest absolute Gasteiger partial charge is 0.213 e. The predicted octanol–water partition coefficient (Wildman–Crippen LogP) is 2.27. The summed E-state index contributed by atoms with van der Waals surface area (Å²) < 4.78 is 28.0. The molecule has 1 saturated carbocycles. The maximum atomic E-state index is 12.1. The number of fused-ring (bicyclic) bond motifs is 3. The highest BCUT2D eigenvalue weighted by molar-refractivity contribution is 7.89. The zero-order valence-corrected chi connectivity index (χ0v) is 16.3. The molecule has 1 spiro atoms. The van der Waals surface area contributed by atoms with E-state index >= 15 is 0 Å². The van der Waals surface area contributed by atoms with Crippen molar-refractivity contribution in [3.63, 3.8) is 0 Å². The molecule has 3 aliphatic rings. The van der Waals surface area contributed by atoms with E-state index in [1.54, 1.807) is 11.2 Å². The van der Waals surface area contributed by atoms with Crippen LogP contribution in [0.25, 0.3) is 11.3 Å². The van der Waals surface area contributed by atoms with Gasteiger partial charge in [0.1, 0.15) is 0 Å². The molecule has 2 fully saturated rings. The van der Waals surface area contributed by atoms with Crippen LogP contribution in [0.15, 0.2) is 36.8 Å². The van der Waals surface area contributed by atoms with Crippen molar-refractivity contribution in [3.8, 4) is 11.3 Å². The fraction of sp³-hybridized carbons (Fsp3) is 0.550. The second-order valence-electron chi connectivity index (χ2n) is 8.19. The minimum atomic E-state index is -3.14. The van der Waals surface area contributed by atoms with E-state index in [-0.39, 0.29) is 23.1 Å². The van der Waals surface area contributed by atoms with Gasteiger partial charge in [-0.3, -0.25) is 0 Å². The molecule has 1 unspecified atom stereocenters. The molecule has 3 atom stereocenters. The molecular weight excluding hydrogens is 362 g/mol. The first kappa shape index (κ1) is 17.4. The van der Waals surface area contributed by atoms with E-state index in [4.69, 9.17) is 0 Å². The average molecular weight is 388 g/mol. The van der Waals surface area contributed by atoms with Crippen LogP contribution in [0, 0.1) is 11.3 Å². The number of aromatic nitrogens is 2. The van der Waals surface area contributed by atoms with Gasteiger partial charge in [0.25, 0.3) is 0 Å². The first-order valence-electron chi connectivity index (χ1n) is 9.74. The van der Waals surface area contributed by atoms with Crippen LogP contribution in [-0.4, -0.2) is 52.3 Å². The Labute approximate surface area is 159 Å². The van der Waals surface area contributed by atoms with E-state index in [0.29, 0.717) is 13.1 Å². The highest BCUT2D eigenvalue weighted by Crippen LogP contribution is 2.59. The SMILES string of the molecule is CCS(=O)(=O)N1CCC2(CC1)C[C@@H](C1c3ccccc3-c3cncn31)[C@H]2O. The molecule has 2 aromatic rings. The van der Waals surface area contributed by atoms with Gasteiger partial charge in [0.05, 0.1) is 36.1 Å². The molecule has 1 N–H and O–H groups in total. The topological polar surface area (TPSA) is 75.4 Å². The summed E-state index contributed by atoms with van der Waals surface area (Å²) >= 11 is 0. The number of hydrogen-bond donors (Lipinski definition) is 1. The van der Waals surface area contributed by atoms with Crippen molar-refractivity contribution in [1.82, 2.24) is 13.9 Å². The lowest BCUT2D eigenvalue weighted by Gasteiger charge is -2.57. The highest BCUT2D eigenvalue weighted by atomic mass is 32.2. The van der Waals surface area contributed by atoms with Crippen molar-refractivity contribution in [1.29, 1.82) is 0 Å². The van der Waals surface area contributed by atoms with Crippen molar-refractivity contribution in [3.05, 3.63) is 42.4 Å². The van der Waals surface area contributed by atoms with E-state index in [1.807, 2.05) is 18.6 Å². The highest BCUT2D eigenvalue weighted by Gasteiger charge is 2.58. The van der Waals surface area contributed by atoms with E-state index in [0.717, 1.165) is 25.0 Å². The lowest BCUT2D eigenvalue weighted by molar-refractivity contribution is -0.152. The van der Waals surface area contributed by atoms with E-state index < -0.39 is 16.1 Å². The predicted molar refractivity (Wildman–Crippen MR) is 103 cm³/mol. The molecule has 1 saturated heterocycles. The molecule has 7 heteroatoms. The van der Waals surface area contributed by atoms with Gasteiger partial charge in [0.15, 0.2) is 0 Å². The third kappa shape index (κ3) is 2.38. The molecule has 1 aromatic carbocycles. The molecule has 2 aliphatic heterocycles. The fourth-order valence-corrected chi connectivity index (χ4v) is 6.59. The van der Waals surface area contributed by atoms with E-state index in [9.17, 15) is 13.5 Å². The molecule has 0 bridgehead atoms. The summed E-state index contributed by atoms with van der Waals surface area (Å²) in [5.74, 6) is 0.295. The van der Waals surface area contributed by atoms with Crippen LogP contribution >= 0.6 is 0 Å². The van der Waals surface area contributed by atoms with Gasteiger partial charge in [-0.15, -0.1) is 0 Å². The first-order chi connectivity index (χ1) is 13.0. The van der Waals surface area contributed by atoms with Gasteiger partial charge >= 0.3 is 0 Å². The van der Waals surface area contributed by atoms with Crippen LogP contribution in [0.1, 0.15) is 37.8 Å². The van der Waals surface area contributed by atoms with Gasteiger partial charge in [-0.05, 0) is 37.2 Å². The van der Waals surface area contributed by atoms with Gasteiger partial charge < -0.3 is 9.67 Å². The number of benzene rings is 1. The molecule has 6 nitrogen and oxygen atoms in total. The van der Waals surface area contributed by atoms with Crippen LogP contribution in [0.3, 0.4) is 0 Å². The van der Waals surface area contributed by atoms with Gasteiger partial charge in [0, 0.05) is 24.6 Å². The summed E-state index contributed by atoms with van der Waals surface area (Å²) in [6.45, 7) is 2.74. The summed E-state index contributed by atoms with van der Waals surface area (Å²) in [7, 11) is -3.14. The standard InChI is InChI=1S/C20H25N3O3S/c1-2-27(25,26)22-9-7-20(8-10-22)11-16(19(20)24)18-15-6-4-3-5-14(15)17-12-21-13-23(17)18/h3-6,12-13,16,18-19,24H,2,7-11H2,1H3/t16-,18?,19+/m0/s1. The maximum Gasteiger partial charge on any atom is 0.213 e. The lowest BCUT2D eigenvalue weighted by atomic mass is 9.53. The van der Waals surface area contributed by atoms with Crippen LogP contribution in [0.2, 0.25) is 0 Å². The Morgan fingerprint density at radius 2 is 2.00 bits per heavy atom. The first-order valence-corrected chi connectivity index (χ1v) is 11.3. The summed E-state index contributed by atoms with van der Waals surface area (Å²) in [5, 5.41) is 11.2. The van der Waals surface area contributed by atoms with Crippen molar-refractivity contribution in [2.45, 2.75) is 38.3 Å². The Hall–Kier alpha value is -1.70. The van der Waals surface area contributed by atoms with Gasteiger partial charge in [-0.1, -0.05) is 24.3 Å². The summed E-state index contributed by atoms with van der Waals surface area (Å²) in [6.07, 6.45) is 5.78. The number of hydrogen-bond acceptors (Lipinski definition) is 4. The molecule has 1 aromatic heterocycles.